The van der Waals surface area contributed by atoms with E-state index in [4.69, 9.17) is 9.88 Å². The average Bonchev–Trinajstić information content (AvgIpc) is 2.14. The van der Waals surface area contributed by atoms with Gasteiger partial charge in [-0.1, -0.05) is 13.0 Å². The van der Waals surface area contributed by atoms with E-state index in [1.54, 1.807) is 0 Å². The highest BCUT2D eigenvalue weighted by Gasteiger charge is 2.17. The summed E-state index contributed by atoms with van der Waals surface area (Å²) in [5, 5.41) is 5.16. The van der Waals surface area contributed by atoms with Gasteiger partial charge in [-0.2, -0.15) is 0 Å². The van der Waals surface area contributed by atoms with Crippen molar-refractivity contribution in [1.82, 2.24) is 0 Å². The van der Waals surface area contributed by atoms with E-state index in [1.165, 1.54) is 6.07 Å². The summed E-state index contributed by atoms with van der Waals surface area (Å²) < 4.78 is 28.3. The van der Waals surface area contributed by atoms with Gasteiger partial charge in [-0.15, -0.1) is 0 Å². The Balaban J connectivity index is 3.33. The summed E-state index contributed by atoms with van der Waals surface area (Å²) in [6.45, 7) is 6.07. The van der Waals surface area contributed by atoms with Crippen molar-refractivity contribution in [2.24, 2.45) is 5.14 Å². The van der Waals surface area contributed by atoms with Crippen LogP contribution in [0.1, 0.15) is 24.5 Å². The Kier molecular flexibility index (Phi) is 3.93. The van der Waals surface area contributed by atoms with Gasteiger partial charge >= 0.3 is 0 Å². The molecule has 0 fully saturated rings. The molecule has 0 atom stereocenters. The lowest BCUT2D eigenvalue weighted by Crippen LogP contribution is -2.15. The molecule has 0 bridgehead atoms. The standard InChI is InChI=1S/C11H17NO3S/c1-4-5-15-11-9(3)6-8(2)7-10(11)16(12,13)14/h6-7H,4-5H2,1-3H3,(H2,12,13,14). The van der Waals surface area contributed by atoms with Crippen LogP contribution in [0.3, 0.4) is 0 Å². The zero-order chi connectivity index (χ0) is 12.3. The first-order valence-corrected chi connectivity index (χ1v) is 6.67. The predicted molar refractivity (Wildman–Crippen MR) is 63.1 cm³/mol. The fraction of sp³-hybridized carbons (Fsp3) is 0.455. The number of ether oxygens (including phenoxy) is 1. The molecule has 0 aliphatic heterocycles. The molecule has 0 amide bonds. The summed E-state index contributed by atoms with van der Waals surface area (Å²) in [6, 6.07) is 3.41. The van der Waals surface area contributed by atoms with E-state index in [2.05, 4.69) is 0 Å². The molecule has 0 saturated heterocycles. The van der Waals surface area contributed by atoms with E-state index < -0.39 is 10.0 Å². The van der Waals surface area contributed by atoms with Crippen molar-refractivity contribution in [2.45, 2.75) is 32.1 Å². The lowest BCUT2D eigenvalue weighted by molar-refractivity contribution is 0.307. The maximum Gasteiger partial charge on any atom is 0.241 e. The minimum absolute atomic E-state index is 0.0680. The molecule has 2 N–H and O–H groups in total. The molecule has 0 saturated carbocycles. The monoisotopic (exact) mass is 243 g/mol. The number of benzene rings is 1. The van der Waals surface area contributed by atoms with Gasteiger partial charge in [0.05, 0.1) is 6.61 Å². The molecule has 0 aliphatic carbocycles. The summed E-state index contributed by atoms with van der Waals surface area (Å²) in [7, 11) is -3.73. The van der Waals surface area contributed by atoms with Gasteiger partial charge in [0.2, 0.25) is 10.0 Å². The Morgan fingerprint density at radius 3 is 2.44 bits per heavy atom. The molecule has 4 nitrogen and oxygen atoms in total. The summed E-state index contributed by atoms with van der Waals surface area (Å²) in [5.41, 5.74) is 1.64. The van der Waals surface area contributed by atoms with Gasteiger partial charge < -0.3 is 4.74 Å². The maximum atomic E-state index is 11.4. The van der Waals surface area contributed by atoms with E-state index in [-0.39, 0.29) is 4.90 Å². The van der Waals surface area contributed by atoms with Crippen LogP contribution in [0.5, 0.6) is 5.75 Å². The number of rotatable bonds is 4. The first-order chi connectivity index (χ1) is 7.36. The molecule has 0 aliphatic rings. The van der Waals surface area contributed by atoms with Gasteiger partial charge in [-0.3, -0.25) is 0 Å². The van der Waals surface area contributed by atoms with Crippen LogP contribution in [-0.4, -0.2) is 15.0 Å². The van der Waals surface area contributed by atoms with E-state index in [0.29, 0.717) is 12.4 Å². The third kappa shape index (κ3) is 2.96. The van der Waals surface area contributed by atoms with E-state index in [0.717, 1.165) is 17.5 Å². The van der Waals surface area contributed by atoms with Crippen molar-refractivity contribution >= 4 is 10.0 Å². The van der Waals surface area contributed by atoms with Gasteiger partial charge in [0.1, 0.15) is 10.6 Å². The van der Waals surface area contributed by atoms with E-state index >= 15 is 0 Å². The van der Waals surface area contributed by atoms with Crippen molar-refractivity contribution in [3.8, 4) is 5.75 Å². The molecule has 0 aromatic heterocycles. The van der Waals surface area contributed by atoms with Crippen molar-refractivity contribution in [2.75, 3.05) is 6.61 Å². The molecule has 5 heteroatoms. The zero-order valence-electron chi connectivity index (χ0n) is 9.78. The highest BCUT2D eigenvalue weighted by Crippen LogP contribution is 2.28. The SMILES string of the molecule is CCCOc1c(C)cc(C)cc1S(N)(=O)=O. The van der Waals surface area contributed by atoms with Crippen LogP contribution in [0.2, 0.25) is 0 Å². The smallest absolute Gasteiger partial charge is 0.241 e. The predicted octanol–water partition coefficient (Wildman–Crippen LogP) is 1.74. The Labute approximate surface area is 96.5 Å². The third-order valence-corrected chi connectivity index (χ3v) is 3.06. The van der Waals surface area contributed by atoms with Gasteiger partial charge in [-0.05, 0) is 37.5 Å². The van der Waals surface area contributed by atoms with Gasteiger partial charge in [0.15, 0.2) is 0 Å². The summed E-state index contributed by atoms with van der Waals surface area (Å²) in [4.78, 5) is 0.0680. The Morgan fingerprint density at radius 1 is 1.31 bits per heavy atom. The fourth-order valence-corrected chi connectivity index (χ4v) is 2.34. The number of hydrogen-bond acceptors (Lipinski definition) is 3. The quantitative estimate of drug-likeness (QED) is 0.875. The van der Waals surface area contributed by atoms with Gasteiger partial charge in [-0.25, -0.2) is 13.6 Å². The molecule has 16 heavy (non-hydrogen) atoms. The average molecular weight is 243 g/mol. The number of hydrogen-bond donors (Lipinski definition) is 1. The van der Waals surface area contributed by atoms with Gasteiger partial charge in [0, 0.05) is 0 Å². The van der Waals surface area contributed by atoms with E-state index in [9.17, 15) is 8.42 Å². The highest BCUT2D eigenvalue weighted by atomic mass is 32.2. The molecule has 1 aromatic carbocycles. The highest BCUT2D eigenvalue weighted by molar-refractivity contribution is 7.89. The first kappa shape index (κ1) is 13.0. The number of primary sulfonamides is 1. The normalized spacial score (nSPS) is 11.5. The van der Waals surface area contributed by atoms with Crippen molar-refractivity contribution in [3.63, 3.8) is 0 Å². The van der Waals surface area contributed by atoms with Crippen molar-refractivity contribution < 1.29 is 13.2 Å². The van der Waals surface area contributed by atoms with Crippen molar-refractivity contribution in [3.05, 3.63) is 23.3 Å². The molecule has 90 valence electrons. The molecule has 0 unspecified atom stereocenters. The van der Waals surface area contributed by atoms with Crippen LogP contribution < -0.4 is 9.88 Å². The number of nitrogens with two attached hydrogens (primary N) is 1. The second-order valence-electron chi connectivity index (χ2n) is 3.80. The topological polar surface area (TPSA) is 69.4 Å². The van der Waals surface area contributed by atoms with Gasteiger partial charge in [0.25, 0.3) is 0 Å². The van der Waals surface area contributed by atoms with Crippen LogP contribution in [0.15, 0.2) is 17.0 Å². The Bertz CT molecular complexity index is 480. The number of aryl methyl sites for hydroxylation is 2. The molecular weight excluding hydrogens is 226 g/mol. The minimum atomic E-state index is -3.73. The molecule has 0 heterocycles. The first-order valence-electron chi connectivity index (χ1n) is 5.13. The summed E-state index contributed by atoms with van der Waals surface area (Å²) >= 11 is 0. The lowest BCUT2D eigenvalue weighted by Gasteiger charge is -2.13. The van der Waals surface area contributed by atoms with E-state index in [1.807, 2.05) is 26.8 Å². The summed E-state index contributed by atoms with van der Waals surface area (Å²) in [6.07, 6.45) is 0.817. The molecule has 0 radical (unpaired) electrons. The molecule has 1 aromatic rings. The largest absolute Gasteiger partial charge is 0.492 e. The second-order valence-corrected chi connectivity index (χ2v) is 5.33. The second kappa shape index (κ2) is 4.84. The van der Waals surface area contributed by atoms with Crippen LogP contribution in [-0.2, 0) is 10.0 Å². The van der Waals surface area contributed by atoms with Crippen LogP contribution in [0, 0.1) is 13.8 Å². The molecule has 0 spiro atoms. The van der Waals surface area contributed by atoms with Crippen LogP contribution in [0.25, 0.3) is 0 Å². The van der Waals surface area contributed by atoms with Crippen molar-refractivity contribution in [1.29, 1.82) is 0 Å². The minimum Gasteiger partial charge on any atom is -0.492 e. The van der Waals surface area contributed by atoms with Crippen LogP contribution in [0.4, 0.5) is 0 Å². The lowest BCUT2D eigenvalue weighted by atomic mass is 10.1. The number of sulfonamides is 1. The zero-order valence-corrected chi connectivity index (χ0v) is 10.6. The maximum absolute atomic E-state index is 11.4. The summed E-state index contributed by atoms with van der Waals surface area (Å²) in [5.74, 6) is 0.370. The third-order valence-electron chi connectivity index (χ3n) is 2.14. The Hall–Kier alpha value is -1.07. The Morgan fingerprint density at radius 2 is 1.94 bits per heavy atom. The molecule has 1 rings (SSSR count). The van der Waals surface area contributed by atoms with Crippen LogP contribution >= 0.6 is 0 Å². The fourth-order valence-electron chi connectivity index (χ4n) is 1.52. The molecular formula is C11H17NO3S.